The fourth-order valence-electron chi connectivity index (χ4n) is 1.98. The lowest BCUT2D eigenvalue weighted by molar-refractivity contribution is 1.36. The summed E-state index contributed by atoms with van der Waals surface area (Å²) in [6, 6.07) is 8.79. The molecule has 0 amide bonds. The second-order valence-corrected chi connectivity index (χ2v) is 8.19. The maximum Gasteiger partial charge on any atom is -0.00240 e. The van der Waals surface area contributed by atoms with Gasteiger partial charge in [-0.25, -0.2) is 0 Å². The molecule has 1 heteroatoms. The summed E-state index contributed by atoms with van der Waals surface area (Å²) >= 11 is 0. The molecular weight excluding hydrogens is 248 g/mol. The van der Waals surface area contributed by atoms with Crippen LogP contribution >= 0.6 is 10.0 Å². The maximum atomic E-state index is 4.29. The van der Waals surface area contributed by atoms with Gasteiger partial charge in [-0.2, -0.15) is 10.0 Å². The minimum Gasteiger partial charge on any atom is -0.168 e. The van der Waals surface area contributed by atoms with Crippen molar-refractivity contribution in [2.24, 2.45) is 0 Å². The Balaban J connectivity index is 3.42. The quantitative estimate of drug-likeness (QED) is 0.579. The molecule has 0 aliphatic carbocycles. The SMILES string of the molecule is C=CC=C(C)S(C)(C(=C)C=CC)c1ccc(C)cc1. The minimum absolute atomic E-state index is 1.18. The summed E-state index contributed by atoms with van der Waals surface area (Å²) in [7, 11) is -1.21. The van der Waals surface area contributed by atoms with E-state index in [-0.39, 0.29) is 0 Å². The van der Waals surface area contributed by atoms with E-state index < -0.39 is 10.0 Å². The summed E-state index contributed by atoms with van der Waals surface area (Å²) in [6.45, 7) is 14.4. The molecule has 0 nitrogen and oxygen atoms in total. The number of hydrogen-bond donors (Lipinski definition) is 0. The van der Waals surface area contributed by atoms with Gasteiger partial charge in [0.1, 0.15) is 0 Å². The molecule has 0 N–H and O–H groups in total. The first kappa shape index (κ1) is 15.6. The van der Waals surface area contributed by atoms with Gasteiger partial charge in [-0.15, -0.1) is 0 Å². The predicted molar refractivity (Wildman–Crippen MR) is 90.9 cm³/mol. The van der Waals surface area contributed by atoms with Crippen LogP contribution < -0.4 is 0 Å². The zero-order valence-corrected chi connectivity index (χ0v) is 13.3. The van der Waals surface area contributed by atoms with E-state index in [1.807, 2.05) is 13.0 Å². The molecule has 0 radical (unpaired) electrons. The number of hydrogen-bond acceptors (Lipinski definition) is 0. The van der Waals surface area contributed by atoms with Gasteiger partial charge in [0.2, 0.25) is 0 Å². The molecule has 1 rings (SSSR count). The van der Waals surface area contributed by atoms with Crippen LogP contribution in [0.2, 0.25) is 0 Å². The number of rotatable bonds is 5. The monoisotopic (exact) mass is 272 g/mol. The lowest BCUT2D eigenvalue weighted by Crippen LogP contribution is -2.02. The first-order valence-electron chi connectivity index (χ1n) is 6.43. The van der Waals surface area contributed by atoms with Gasteiger partial charge in [0, 0.05) is 0 Å². The normalized spacial score (nSPS) is 16.9. The van der Waals surface area contributed by atoms with Crippen molar-refractivity contribution in [2.75, 3.05) is 6.26 Å². The molecule has 1 unspecified atom stereocenters. The second kappa shape index (κ2) is 6.63. The van der Waals surface area contributed by atoms with Crippen LogP contribution in [-0.2, 0) is 0 Å². The molecule has 0 bridgehead atoms. The van der Waals surface area contributed by atoms with Crippen LogP contribution in [0.5, 0.6) is 0 Å². The Labute approximate surface area is 119 Å². The molecule has 0 fully saturated rings. The van der Waals surface area contributed by atoms with E-state index >= 15 is 0 Å². The van der Waals surface area contributed by atoms with Gasteiger partial charge in [-0.3, -0.25) is 0 Å². The molecule has 1 aromatic rings. The highest BCUT2D eigenvalue weighted by Crippen LogP contribution is 2.64. The average molecular weight is 272 g/mol. The van der Waals surface area contributed by atoms with Crippen LogP contribution in [-0.4, -0.2) is 6.26 Å². The number of allylic oxidation sites excluding steroid dienone is 5. The standard InChI is InChI=1S/C18H24S/c1-7-9-16(4)19(6,17(5)10-8-2)18-13-11-15(3)12-14-18/h7-14H,1,5H2,2-4,6H3. The van der Waals surface area contributed by atoms with E-state index in [1.54, 1.807) is 0 Å². The van der Waals surface area contributed by atoms with Crippen LogP contribution in [0.1, 0.15) is 19.4 Å². The van der Waals surface area contributed by atoms with Crippen molar-refractivity contribution < 1.29 is 0 Å². The van der Waals surface area contributed by atoms with Crippen LogP contribution in [0.15, 0.2) is 76.4 Å². The van der Waals surface area contributed by atoms with Crippen molar-refractivity contribution in [2.45, 2.75) is 25.7 Å². The summed E-state index contributed by atoms with van der Waals surface area (Å²) in [5, 5.41) is 0. The Morgan fingerprint density at radius 2 is 1.79 bits per heavy atom. The molecule has 0 aliphatic heterocycles. The molecule has 19 heavy (non-hydrogen) atoms. The van der Waals surface area contributed by atoms with E-state index in [4.69, 9.17) is 0 Å². The molecular formula is C18H24S. The highest BCUT2D eigenvalue weighted by Gasteiger charge is 2.24. The zero-order chi connectivity index (χ0) is 14.5. The summed E-state index contributed by atoms with van der Waals surface area (Å²) < 4.78 is 0. The number of aryl methyl sites for hydroxylation is 1. The summed E-state index contributed by atoms with van der Waals surface area (Å²) in [6.07, 6.45) is 10.4. The molecule has 0 aliphatic rings. The summed E-state index contributed by atoms with van der Waals surface area (Å²) in [4.78, 5) is 3.85. The Kier molecular flexibility index (Phi) is 5.44. The smallest absolute Gasteiger partial charge is 0.00240 e. The van der Waals surface area contributed by atoms with Crippen molar-refractivity contribution in [3.8, 4) is 0 Å². The lowest BCUT2D eigenvalue weighted by atomic mass is 10.2. The van der Waals surface area contributed by atoms with Gasteiger partial charge in [0.15, 0.2) is 0 Å². The predicted octanol–water partition coefficient (Wildman–Crippen LogP) is 5.97. The third-order valence-electron chi connectivity index (χ3n) is 3.37. The van der Waals surface area contributed by atoms with E-state index in [0.717, 1.165) is 0 Å². The Morgan fingerprint density at radius 1 is 1.21 bits per heavy atom. The van der Waals surface area contributed by atoms with Crippen molar-refractivity contribution in [1.82, 2.24) is 0 Å². The highest BCUT2D eigenvalue weighted by molar-refractivity contribution is 8.39. The lowest BCUT2D eigenvalue weighted by Gasteiger charge is -2.38. The van der Waals surface area contributed by atoms with E-state index in [0.29, 0.717) is 0 Å². The third-order valence-corrected chi connectivity index (χ3v) is 7.19. The van der Waals surface area contributed by atoms with Gasteiger partial charge >= 0.3 is 0 Å². The first-order chi connectivity index (χ1) is 8.96. The molecule has 102 valence electrons. The van der Waals surface area contributed by atoms with Gasteiger partial charge < -0.3 is 0 Å². The van der Waals surface area contributed by atoms with Crippen LogP contribution in [0.3, 0.4) is 0 Å². The second-order valence-electron chi connectivity index (χ2n) is 4.71. The summed E-state index contributed by atoms with van der Waals surface area (Å²) in [5.41, 5.74) is 1.28. The molecule has 1 aromatic carbocycles. The average Bonchev–Trinajstić information content (AvgIpc) is 2.39. The van der Waals surface area contributed by atoms with Gasteiger partial charge in [-0.1, -0.05) is 55.2 Å². The van der Waals surface area contributed by atoms with E-state index in [1.165, 1.54) is 20.3 Å². The Morgan fingerprint density at radius 3 is 2.26 bits per heavy atom. The highest BCUT2D eigenvalue weighted by atomic mass is 32.3. The first-order valence-corrected chi connectivity index (χ1v) is 8.47. The topological polar surface area (TPSA) is 0 Å². The summed E-state index contributed by atoms with van der Waals surface area (Å²) in [5.74, 6) is 0. The third kappa shape index (κ3) is 3.30. The van der Waals surface area contributed by atoms with Gasteiger partial charge in [0.05, 0.1) is 0 Å². The van der Waals surface area contributed by atoms with Crippen LogP contribution in [0.4, 0.5) is 0 Å². The van der Waals surface area contributed by atoms with Gasteiger partial charge in [0.25, 0.3) is 0 Å². The maximum absolute atomic E-state index is 4.29. The number of benzene rings is 1. The van der Waals surface area contributed by atoms with Crippen molar-refractivity contribution in [3.05, 3.63) is 77.1 Å². The Bertz CT molecular complexity index is 517. The fourth-order valence-corrected chi connectivity index (χ4v) is 4.52. The molecule has 0 saturated carbocycles. The van der Waals surface area contributed by atoms with E-state index in [2.05, 4.69) is 75.8 Å². The van der Waals surface area contributed by atoms with Crippen molar-refractivity contribution >= 4 is 10.0 Å². The van der Waals surface area contributed by atoms with Crippen LogP contribution in [0, 0.1) is 6.92 Å². The van der Waals surface area contributed by atoms with Crippen molar-refractivity contribution in [1.29, 1.82) is 0 Å². The van der Waals surface area contributed by atoms with Crippen LogP contribution in [0.25, 0.3) is 0 Å². The molecule has 0 saturated heterocycles. The Hall–Kier alpha value is -1.47. The minimum atomic E-state index is -1.21. The molecule has 0 spiro atoms. The van der Waals surface area contributed by atoms with Gasteiger partial charge in [-0.05, 0) is 53.9 Å². The van der Waals surface area contributed by atoms with Crippen molar-refractivity contribution in [3.63, 3.8) is 0 Å². The zero-order valence-electron chi connectivity index (χ0n) is 12.4. The molecule has 0 heterocycles. The molecule has 1 atom stereocenters. The molecule has 0 aromatic heterocycles. The van der Waals surface area contributed by atoms with E-state index in [9.17, 15) is 0 Å². The fraction of sp³-hybridized carbons (Fsp3) is 0.222. The largest absolute Gasteiger partial charge is 0.168 e.